The van der Waals surface area contributed by atoms with Crippen LogP contribution in [0.5, 0.6) is 5.75 Å². The summed E-state index contributed by atoms with van der Waals surface area (Å²) in [6, 6.07) is 7.29. The summed E-state index contributed by atoms with van der Waals surface area (Å²) in [6.07, 6.45) is 0. The summed E-state index contributed by atoms with van der Waals surface area (Å²) in [7, 11) is 1.61. The van der Waals surface area contributed by atoms with Crippen molar-refractivity contribution in [2.75, 3.05) is 24.3 Å². The minimum absolute atomic E-state index is 0.0413. The Kier molecular flexibility index (Phi) is 6.86. The fourth-order valence-corrected chi connectivity index (χ4v) is 4.00. The number of nitrogens with zero attached hydrogens (tertiary/aromatic N) is 2. The van der Waals surface area contributed by atoms with Gasteiger partial charge in [0.15, 0.2) is 4.34 Å². The molecule has 0 fully saturated rings. The van der Waals surface area contributed by atoms with Crippen molar-refractivity contribution in [3.63, 3.8) is 0 Å². The Bertz CT molecular complexity index is 658. The molecule has 0 radical (unpaired) electrons. The molecule has 0 spiro atoms. The average molecular weight is 367 g/mol. The van der Waals surface area contributed by atoms with Gasteiger partial charge < -0.3 is 15.4 Å². The molecule has 0 aliphatic heterocycles. The number of amides is 1. The number of carbonyl (C=O) groups excluding carboxylic acids is 1. The van der Waals surface area contributed by atoms with Crippen LogP contribution in [-0.2, 0) is 4.79 Å². The first-order valence-electron chi connectivity index (χ1n) is 7.72. The van der Waals surface area contributed by atoms with Gasteiger partial charge in [0.1, 0.15) is 5.75 Å². The minimum Gasteiger partial charge on any atom is -0.497 e. The van der Waals surface area contributed by atoms with Gasteiger partial charge in [0.2, 0.25) is 11.0 Å². The van der Waals surface area contributed by atoms with Crippen LogP contribution in [0.15, 0.2) is 28.6 Å². The van der Waals surface area contributed by atoms with Crippen molar-refractivity contribution in [1.29, 1.82) is 0 Å². The number of nitrogens with one attached hydrogen (secondary N) is 2. The zero-order valence-electron chi connectivity index (χ0n) is 14.2. The molecule has 6 nitrogen and oxygen atoms in total. The van der Waals surface area contributed by atoms with Crippen LogP contribution in [0.4, 0.5) is 10.8 Å². The lowest BCUT2D eigenvalue weighted by Gasteiger charge is -2.18. The summed E-state index contributed by atoms with van der Waals surface area (Å²) in [5, 5.41) is 14.8. The molecular formula is C16H22N4O2S2. The fraction of sp³-hybridized carbons (Fsp3) is 0.438. The van der Waals surface area contributed by atoms with Crippen LogP contribution in [0.2, 0.25) is 0 Å². The van der Waals surface area contributed by atoms with Crippen LogP contribution >= 0.6 is 23.1 Å². The lowest BCUT2D eigenvalue weighted by Crippen LogP contribution is -2.29. The number of carbonyl (C=O) groups is 1. The second kappa shape index (κ2) is 8.89. The Morgan fingerprint density at radius 1 is 1.29 bits per heavy atom. The number of rotatable bonds is 8. The molecule has 1 atom stereocenters. The number of thioether (sulfide) groups is 1. The van der Waals surface area contributed by atoms with E-state index in [1.807, 2.05) is 45.0 Å². The summed E-state index contributed by atoms with van der Waals surface area (Å²) in [5.74, 6) is 0.882. The second-order valence-corrected chi connectivity index (χ2v) is 7.77. The van der Waals surface area contributed by atoms with Crippen molar-refractivity contribution in [2.24, 2.45) is 5.92 Å². The molecule has 0 aliphatic carbocycles. The standard InChI is InChI=1S/C16H22N4O2S2/c1-5-17-15-19-20-16(24-15)23-13(10(2)3)14(21)18-11-6-8-12(22-4)9-7-11/h6-10,13H,5H2,1-4H3,(H,17,19)(H,18,21). The molecule has 130 valence electrons. The molecule has 1 aromatic carbocycles. The molecule has 1 amide bonds. The highest BCUT2D eigenvalue weighted by Crippen LogP contribution is 2.33. The smallest absolute Gasteiger partial charge is 0.238 e. The van der Waals surface area contributed by atoms with Gasteiger partial charge in [0.25, 0.3) is 0 Å². The zero-order chi connectivity index (χ0) is 17.5. The van der Waals surface area contributed by atoms with Gasteiger partial charge in [0.05, 0.1) is 12.4 Å². The highest BCUT2D eigenvalue weighted by atomic mass is 32.2. The lowest BCUT2D eigenvalue weighted by atomic mass is 10.1. The number of hydrogen-bond acceptors (Lipinski definition) is 7. The van der Waals surface area contributed by atoms with E-state index in [1.165, 1.54) is 23.1 Å². The van der Waals surface area contributed by atoms with E-state index < -0.39 is 0 Å². The Morgan fingerprint density at radius 2 is 2.00 bits per heavy atom. The Balaban J connectivity index is 2.03. The number of aromatic nitrogens is 2. The van der Waals surface area contributed by atoms with Gasteiger partial charge in [-0.2, -0.15) is 0 Å². The van der Waals surface area contributed by atoms with Crippen molar-refractivity contribution < 1.29 is 9.53 Å². The normalized spacial score (nSPS) is 12.0. The third-order valence-corrected chi connectivity index (χ3v) is 5.69. The topological polar surface area (TPSA) is 76.1 Å². The van der Waals surface area contributed by atoms with Gasteiger partial charge in [0, 0.05) is 12.2 Å². The first-order valence-corrected chi connectivity index (χ1v) is 9.42. The molecule has 0 saturated heterocycles. The first kappa shape index (κ1) is 18.5. The quantitative estimate of drug-likeness (QED) is 0.693. The summed E-state index contributed by atoms with van der Waals surface area (Å²) in [5.41, 5.74) is 0.748. The van der Waals surface area contributed by atoms with Crippen LogP contribution in [0.3, 0.4) is 0 Å². The molecule has 8 heteroatoms. The molecule has 2 N–H and O–H groups in total. The van der Waals surface area contributed by atoms with Crippen LogP contribution in [0, 0.1) is 5.92 Å². The summed E-state index contributed by atoms with van der Waals surface area (Å²) in [6.45, 7) is 6.85. The van der Waals surface area contributed by atoms with Gasteiger partial charge in [-0.1, -0.05) is 36.9 Å². The molecule has 2 rings (SSSR count). The van der Waals surface area contributed by atoms with E-state index in [9.17, 15) is 4.79 Å². The van der Waals surface area contributed by atoms with Crippen LogP contribution in [0.25, 0.3) is 0 Å². The van der Waals surface area contributed by atoms with E-state index in [2.05, 4.69) is 20.8 Å². The Hall–Kier alpha value is -1.80. The molecule has 1 heterocycles. The monoisotopic (exact) mass is 366 g/mol. The van der Waals surface area contributed by atoms with Gasteiger partial charge >= 0.3 is 0 Å². The maximum absolute atomic E-state index is 12.6. The molecule has 0 aliphatic rings. The van der Waals surface area contributed by atoms with Crippen molar-refractivity contribution >= 4 is 39.8 Å². The Morgan fingerprint density at radius 3 is 2.58 bits per heavy atom. The second-order valence-electron chi connectivity index (χ2n) is 5.40. The maximum Gasteiger partial charge on any atom is 0.238 e. The number of hydrogen-bond donors (Lipinski definition) is 2. The van der Waals surface area contributed by atoms with E-state index in [4.69, 9.17) is 4.74 Å². The van der Waals surface area contributed by atoms with Crippen molar-refractivity contribution in [2.45, 2.75) is 30.4 Å². The molecule has 0 saturated carbocycles. The number of methoxy groups -OCH3 is 1. The SMILES string of the molecule is CCNc1nnc(SC(C(=O)Nc2ccc(OC)cc2)C(C)C)s1. The lowest BCUT2D eigenvalue weighted by molar-refractivity contribution is -0.116. The van der Waals surface area contributed by atoms with E-state index in [-0.39, 0.29) is 17.1 Å². The highest BCUT2D eigenvalue weighted by molar-refractivity contribution is 8.02. The number of ether oxygens (including phenoxy) is 1. The van der Waals surface area contributed by atoms with Crippen molar-refractivity contribution in [3.8, 4) is 5.75 Å². The van der Waals surface area contributed by atoms with Crippen LogP contribution in [0.1, 0.15) is 20.8 Å². The Labute approximate surface area is 150 Å². The summed E-state index contributed by atoms with van der Waals surface area (Å²) < 4.78 is 5.91. The molecule has 24 heavy (non-hydrogen) atoms. The number of anilines is 2. The molecule has 1 aromatic heterocycles. The van der Waals surface area contributed by atoms with E-state index in [0.29, 0.717) is 0 Å². The van der Waals surface area contributed by atoms with Crippen LogP contribution < -0.4 is 15.4 Å². The van der Waals surface area contributed by atoms with Gasteiger partial charge in [-0.3, -0.25) is 4.79 Å². The molecule has 0 bridgehead atoms. The predicted molar refractivity (Wildman–Crippen MR) is 100 cm³/mol. The number of benzene rings is 1. The van der Waals surface area contributed by atoms with Gasteiger partial charge in [-0.05, 0) is 37.1 Å². The van der Waals surface area contributed by atoms with Crippen molar-refractivity contribution in [3.05, 3.63) is 24.3 Å². The minimum atomic E-state index is -0.241. The van der Waals surface area contributed by atoms with Gasteiger partial charge in [-0.25, -0.2) is 0 Å². The van der Waals surface area contributed by atoms with Crippen LogP contribution in [-0.4, -0.2) is 35.0 Å². The predicted octanol–water partition coefficient (Wildman–Crippen LogP) is 3.73. The molecular weight excluding hydrogens is 344 g/mol. The third kappa shape index (κ3) is 5.10. The summed E-state index contributed by atoms with van der Waals surface area (Å²) >= 11 is 2.91. The summed E-state index contributed by atoms with van der Waals surface area (Å²) in [4.78, 5) is 12.6. The van der Waals surface area contributed by atoms with E-state index in [1.54, 1.807) is 7.11 Å². The van der Waals surface area contributed by atoms with E-state index in [0.717, 1.165) is 27.5 Å². The third-order valence-electron chi connectivity index (χ3n) is 3.18. The maximum atomic E-state index is 12.6. The largest absolute Gasteiger partial charge is 0.497 e. The van der Waals surface area contributed by atoms with Crippen molar-refractivity contribution in [1.82, 2.24) is 10.2 Å². The highest BCUT2D eigenvalue weighted by Gasteiger charge is 2.25. The fourth-order valence-electron chi connectivity index (χ4n) is 1.97. The van der Waals surface area contributed by atoms with E-state index >= 15 is 0 Å². The average Bonchev–Trinajstić information content (AvgIpc) is 3.00. The first-order chi connectivity index (χ1) is 11.5. The van der Waals surface area contributed by atoms with Gasteiger partial charge in [-0.15, -0.1) is 10.2 Å². The molecule has 1 unspecified atom stereocenters. The molecule has 2 aromatic rings. The zero-order valence-corrected chi connectivity index (χ0v) is 15.8.